The summed E-state index contributed by atoms with van der Waals surface area (Å²) in [7, 11) is 4.53. The predicted octanol–water partition coefficient (Wildman–Crippen LogP) is 4.16. The number of aromatic hydroxyl groups is 1. The molecule has 0 radical (unpaired) electrons. The zero-order chi connectivity index (χ0) is 20.5. The lowest BCUT2D eigenvalue weighted by Gasteiger charge is -2.07. The van der Waals surface area contributed by atoms with Crippen LogP contribution in [0.4, 0.5) is 0 Å². The minimum atomic E-state index is -0.387. The van der Waals surface area contributed by atoms with Gasteiger partial charge in [0, 0.05) is 6.08 Å². The highest BCUT2D eigenvalue weighted by molar-refractivity contribution is 6.02. The molecule has 0 bridgehead atoms. The van der Waals surface area contributed by atoms with E-state index in [1.54, 1.807) is 49.6 Å². The Hall–Kier alpha value is -3.67. The van der Waals surface area contributed by atoms with Crippen molar-refractivity contribution in [1.29, 1.82) is 0 Å². The molecule has 0 aliphatic carbocycles. The topological polar surface area (TPSA) is 85.2 Å². The summed E-state index contributed by atoms with van der Waals surface area (Å²) in [6, 6.07) is 10.0. The van der Waals surface area contributed by atoms with Crippen LogP contribution in [-0.4, -0.2) is 37.3 Å². The normalized spacial score (nSPS) is 11.8. The standard InChI is InChI=1S/C22H22O6/c1-26-20-11-7-16(13-22(20)28-3)5-9-18(24)14-17(23)8-4-15-6-10-19(25)21(12-15)27-2/h4-14,24-25H,1-3H3/b8-4+,9-5+,18-14+. The number of hydrogen-bond acceptors (Lipinski definition) is 6. The van der Waals surface area contributed by atoms with Crippen LogP contribution >= 0.6 is 0 Å². The van der Waals surface area contributed by atoms with Gasteiger partial charge in [-0.2, -0.15) is 0 Å². The Balaban J connectivity index is 2.06. The van der Waals surface area contributed by atoms with Gasteiger partial charge in [-0.1, -0.05) is 24.3 Å². The highest BCUT2D eigenvalue weighted by Gasteiger charge is 2.03. The van der Waals surface area contributed by atoms with Crippen molar-refractivity contribution in [3.05, 3.63) is 71.5 Å². The molecule has 0 aliphatic rings. The van der Waals surface area contributed by atoms with Crippen LogP contribution in [0.3, 0.4) is 0 Å². The van der Waals surface area contributed by atoms with E-state index in [9.17, 15) is 15.0 Å². The molecule has 2 aromatic rings. The summed E-state index contributed by atoms with van der Waals surface area (Å²) >= 11 is 0. The molecule has 0 atom stereocenters. The number of phenols is 1. The summed E-state index contributed by atoms with van der Waals surface area (Å²) in [6.07, 6.45) is 7.04. The average molecular weight is 382 g/mol. The number of hydrogen-bond donors (Lipinski definition) is 2. The Morgan fingerprint density at radius 3 is 2.04 bits per heavy atom. The fourth-order valence-electron chi connectivity index (χ4n) is 2.36. The quantitative estimate of drug-likeness (QED) is 0.405. The summed E-state index contributed by atoms with van der Waals surface area (Å²) < 4.78 is 15.4. The highest BCUT2D eigenvalue weighted by atomic mass is 16.5. The van der Waals surface area contributed by atoms with Crippen molar-refractivity contribution < 1.29 is 29.2 Å². The van der Waals surface area contributed by atoms with Crippen LogP contribution in [0.15, 0.2) is 60.4 Å². The van der Waals surface area contributed by atoms with E-state index in [1.807, 2.05) is 0 Å². The van der Waals surface area contributed by atoms with Crippen LogP contribution in [0, 0.1) is 0 Å². The number of ether oxygens (including phenoxy) is 3. The van der Waals surface area contributed by atoms with Crippen LogP contribution in [0.1, 0.15) is 11.1 Å². The van der Waals surface area contributed by atoms with E-state index < -0.39 is 0 Å². The van der Waals surface area contributed by atoms with Gasteiger partial charge in [-0.25, -0.2) is 0 Å². The Kier molecular flexibility index (Phi) is 7.28. The molecule has 0 fully saturated rings. The smallest absolute Gasteiger partial charge is 0.182 e. The van der Waals surface area contributed by atoms with E-state index in [-0.39, 0.29) is 17.3 Å². The lowest BCUT2D eigenvalue weighted by atomic mass is 10.1. The van der Waals surface area contributed by atoms with Gasteiger partial charge in [0.25, 0.3) is 0 Å². The van der Waals surface area contributed by atoms with E-state index in [1.165, 1.54) is 32.4 Å². The number of aliphatic hydroxyl groups excluding tert-OH is 1. The van der Waals surface area contributed by atoms with E-state index in [2.05, 4.69) is 0 Å². The summed E-state index contributed by atoms with van der Waals surface area (Å²) in [4.78, 5) is 12.0. The van der Waals surface area contributed by atoms with Crippen molar-refractivity contribution in [2.24, 2.45) is 0 Å². The number of phenolic OH excluding ortho intramolecular Hbond substituents is 1. The second kappa shape index (κ2) is 9.87. The first kappa shape index (κ1) is 20.6. The van der Waals surface area contributed by atoms with E-state index in [4.69, 9.17) is 14.2 Å². The maximum Gasteiger partial charge on any atom is 0.182 e. The minimum Gasteiger partial charge on any atom is -0.508 e. The molecule has 0 unspecified atom stereocenters. The molecular formula is C22H22O6. The number of rotatable bonds is 8. The Bertz CT molecular complexity index is 925. The van der Waals surface area contributed by atoms with E-state index >= 15 is 0 Å². The number of allylic oxidation sites excluding steroid dienone is 3. The van der Waals surface area contributed by atoms with Gasteiger partial charge in [-0.05, 0) is 47.5 Å². The predicted molar refractivity (Wildman–Crippen MR) is 108 cm³/mol. The second-order valence-corrected chi connectivity index (χ2v) is 5.68. The molecule has 0 saturated carbocycles. The fourth-order valence-corrected chi connectivity index (χ4v) is 2.36. The van der Waals surface area contributed by atoms with Crippen molar-refractivity contribution in [2.45, 2.75) is 0 Å². The van der Waals surface area contributed by atoms with E-state index in [0.29, 0.717) is 22.8 Å². The van der Waals surface area contributed by atoms with Gasteiger partial charge >= 0.3 is 0 Å². The molecule has 2 N–H and O–H groups in total. The lowest BCUT2D eigenvalue weighted by molar-refractivity contribution is -0.110. The molecule has 0 aromatic heterocycles. The number of methoxy groups -OCH3 is 3. The zero-order valence-electron chi connectivity index (χ0n) is 15.9. The Morgan fingerprint density at radius 2 is 1.39 bits per heavy atom. The molecule has 6 heteroatoms. The number of ketones is 1. The summed E-state index contributed by atoms with van der Waals surface area (Å²) in [5.74, 6) is 0.922. The summed E-state index contributed by atoms with van der Waals surface area (Å²) in [5.41, 5.74) is 1.45. The molecule has 0 amide bonds. The zero-order valence-corrected chi connectivity index (χ0v) is 15.9. The van der Waals surface area contributed by atoms with Gasteiger partial charge in [0.1, 0.15) is 5.76 Å². The molecule has 28 heavy (non-hydrogen) atoms. The van der Waals surface area contributed by atoms with Gasteiger partial charge in [-0.15, -0.1) is 0 Å². The second-order valence-electron chi connectivity index (χ2n) is 5.68. The van der Waals surface area contributed by atoms with Crippen molar-refractivity contribution in [2.75, 3.05) is 21.3 Å². The van der Waals surface area contributed by atoms with Crippen molar-refractivity contribution >= 4 is 17.9 Å². The monoisotopic (exact) mass is 382 g/mol. The first-order valence-electron chi connectivity index (χ1n) is 8.36. The van der Waals surface area contributed by atoms with Crippen LogP contribution in [0.2, 0.25) is 0 Å². The molecule has 146 valence electrons. The van der Waals surface area contributed by atoms with E-state index in [0.717, 1.165) is 11.6 Å². The van der Waals surface area contributed by atoms with Gasteiger partial charge < -0.3 is 24.4 Å². The van der Waals surface area contributed by atoms with Crippen LogP contribution in [0.25, 0.3) is 12.2 Å². The van der Waals surface area contributed by atoms with Crippen molar-refractivity contribution in [3.8, 4) is 23.0 Å². The molecular weight excluding hydrogens is 360 g/mol. The van der Waals surface area contributed by atoms with Crippen LogP contribution < -0.4 is 14.2 Å². The fraction of sp³-hybridized carbons (Fsp3) is 0.136. The van der Waals surface area contributed by atoms with Crippen molar-refractivity contribution in [1.82, 2.24) is 0 Å². The summed E-state index contributed by atoms with van der Waals surface area (Å²) in [6.45, 7) is 0. The van der Waals surface area contributed by atoms with Crippen LogP contribution in [0.5, 0.6) is 23.0 Å². The number of benzene rings is 2. The Morgan fingerprint density at radius 1 is 0.821 bits per heavy atom. The number of carbonyl (C=O) groups excluding carboxylic acids is 1. The third-order valence-corrected chi connectivity index (χ3v) is 3.79. The average Bonchev–Trinajstić information content (AvgIpc) is 2.71. The maximum absolute atomic E-state index is 12.0. The lowest BCUT2D eigenvalue weighted by Crippen LogP contribution is -1.91. The molecule has 6 nitrogen and oxygen atoms in total. The molecule has 0 aliphatic heterocycles. The largest absolute Gasteiger partial charge is 0.508 e. The maximum atomic E-state index is 12.0. The third-order valence-electron chi connectivity index (χ3n) is 3.79. The molecule has 2 aromatic carbocycles. The molecule has 0 spiro atoms. The number of aliphatic hydroxyl groups is 1. The van der Waals surface area contributed by atoms with Crippen molar-refractivity contribution in [3.63, 3.8) is 0 Å². The molecule has 0 heterocycles. The Labute approximate surface area is 163 Å². The molecule has 2 rings (SSSR count). The number of carbonyl (C=O) groups is 1. The van der Waals surface area contributed by atoms with Crippen LogP contribution in [-0.2, 0) is 4.79 Å². The first-order chi connectivity index (χ1) is 13.5. The highest BCUT2D eigenvalue weighted by Crippen LogP contribution is 2.28. The van der Waals surface area contributed by atoms with Gasteiger partial charge in [0.15, 0.2) is 28.8 Å². The SMILES string of the molecule is COc1cc(/C=C/C(=O)/C=C(O)\C=C\c2ccc(OC)c(OC)c2)ccc1O. The van der Waals surface area contributed by atoms with Gasteiger partial charge in [0.05, 0.1) is 21.3 Å². The van der Waals surface area contributed by atoms with Gasteiger partial charge in [0.2, 0.25) is 0 Å². The van der Waals surface area contributed by atoms with Gasteiger partial charge in [-0.3, -0.25) is 4.79 Å². The first-order valence-corrected chi connectivity index (χ1v) is 8.36. The summed E-state index contributed by atoms with van der Waals surface area (Å²) in [5, 5.41) is 19.5. The third kappa shape index (κ3) is 5.67. The minimum absolute atomic E-state index is 0.0174. The molecule has 0 saturated heterocycles.